The Hall–Kier alpha value is -1.99. The molecule has 0 saturated heterocycles. The summed E-state index contributed by atoms with van der Waals surface area (Å²) in [6.45, 7) is 4.34. The normalized spacial score (nSPS) is 15.2. The lowest BCUT2D eigenvalue weighted by Gasteiger charge is -2.26. The Morgan fingerprint density at radius 2 is 1.41 bits per heavy atom. The van der Waals surface area contributed by atoms with Crippen molar-refractivity contribution < 1.29 is 36.2 Å². The molecule has 0 amide bonds. The fourth-order valence-corrected chi connectivity index (χ4v) is 1.89. The molecule has 0 aliphatic carbocycles. The van der Waals surface area contributed by atoms with E-state index >= 15 is 0 Å². The molecule has 0 radical (unpaired) electrons. The van der Waals surface area contributed by atoms with Gasteiger partial charge in [-0.25, -0.2) is 0 Å². The van der Waals surface area contributed by atoms with Crippen LogP contribution in [0.4, 0.5) is 26.3 Å². The van der Waals surface area contributed by atoms with E-state index in [2.05, 4.69) is 6.58 Å². The Kier molecular flexibility index (Phi) is 4.65. The predicted octanol–water partition coefficient (Wildman–Crippen LogP) is 4.64. The molecule has 0 fully saturated rings. The molecule has 0 spiro atoms. The smallest absolute Gasteiger partial charge is 0.416 e. The second-order valence-electron chi connectivity index (χ2n) is 4.92. The summed E-state index contributed by atoms with van der Waals surface area (Å²) in [7, 11) is 0. The molecule has 122 valence electrons. The van der Waals surface area contributed by atoms with Crippen LogP contribution >= 0.6 is 0 Å². The molecule has 0 heterocycles. The zero-order valence-electron chi connectivity index (χ0n) is 11.3. The largest absolute Gasteiger partial charge is 0.481 e. The van der Waals surface area contributed by atoms with Crippen LogP contribution in [0.3, 0.4) is 0 Å². The lowest BCUT2D eigenvalue weighted by Crippen LogP contribution is -2.32. The molecule has 1 aromatic carbocycles. The average Bonchev–Trinajstić information content (AvgIpc) is 2.36. The zero-order valence-corrected chi connectivity index (χ0v) is 11.3. The van der Waals surface area contributed by atoms with Crippen LogP contribution in [-0.2, 0) is 22.6 Å². The molecule has 0 bridgehead atoms. The summed E-state index contributed by atoms with van der Waals surface area (Å²) < 4.78 is 76.7. The van der Waals surface area contributed by atoms with E-state index in [4.69, 9.17) is 0 Å². The number of carboxylic acid groups (broad SMARTS) is 1. The van der Waals surface area contributed by atoms with Gasteiger partial charge in [0.1, 0.15) is 0 Å². The van der Waals surface area contributed by atoms with Gasteiger partial charge < -0.3 is 5.11 Å². The van der Waals surface area contributed by atoms with Crippen molar-refractivity contribution in [2.45, 2.75) is 31.1 Å². The average molecular weight is 326 g/mol. The van der Waals surface area contributed by atoms with Crippen molar-refractivity contribution >= 4 is 5.97 Å². The molecule has 8 heteroatoms. The first-order chi connectivity index (χ1) is 9.82. The number of halogens is 6. The summed E-state index contributed by atoms with van der Waals surface area (Å²) in [6.07, 6.45) is -9.24. The highest BCUT2D eigenvalue weighted by Gasteiger charge is 2.41. The minimum atomic E-state index is -5.02. The van der Waals surface area contributed by atoms with Crippen LogP contribution in [-0.4, -0.2) is 11.1 Å². The van der Waals surface area contributed by atoms with Crippen LogP contribution in [0.5, 0.6) is 0 Å². The van der Waals surface area contributed by atoms with E-state index in [1.54, 1.807) is 0 Å². The van der Waals surface area contributed by atoms with Crippen LogP contribution in [0.1, 0.15) is 30.0 Å². The third kappa shape index (κ3) is 3.61. The minimum absolute atomic E-state index is 0.0420. The standard InChI is InChI=1S/C14H12F6O2/c1-3-4-12(2,11(21)22)8-5-9(13(15,16)17)7-10(6-8)14(18,19)20/h3,5-7H,1,4H2,2H3,(H,21,22)/t12-/m0/s1. The molecule has 1 aromatic rings. The van der Waals surface area contributed by atoms with Gasteiger partial charge in [0.05, 0.1) is 16.5 Å². The summed E-state index contributed by atoms with van der Waals surface area (Å²) in [5.41, 5.74) is -5.62. The monoisotopic (exact) mass is 326 g/mol. The first-order valence-corrected chi connectivity index (χ1v) is 5.96. The Balaban J connectivity index is 3.66. The fourth-order valence-electron chi connectivity index (χ4n) is 1.89. The van der Waals surface area contributed by atoms with Gasteiger partial charge in [-0.05, 0) is 37.1 Å². The predicted molar refractivity (Wildman–Crippen MR) is 66.2 cm³/mol. The van der Waals surface area contributed by atoms with Gasteiger partial charge in [0.2, 0.25) is 0 Å². The molecule has 0 aromatic heterocycles. The Morgan fingerprint density at radius 3 is 1.68 bits per heavy atom. The fraction of sp³-hybridized carbons (Fsp3) is 0.357. The Morgan fingerprint density at radius 1 is 1.05 bits per heavy atom. The Bertz CT molecular complexity index is 556. The highest BCUT2D eigenvalue weighted by molar-refractivity contribution is 5.81. The van der Waals surface area contributed by atoms with Crippen LogP contribution in [0, 0.1) is 0 Å². The molecule has 2 nitrogen and oxygen atoms in total. The number of alkyl halides is 6. The number of carboxylic acids is 1. The second kappa shape index (κ2) is 5.66. The van der Waals surface area contributed by atoms with Crippen LogP contribution in [0.25, 0.3) is 0 Å². The maximum Gasteiger partial charge on any atom is 0.416 e. The number of hydrogen-bond donors (Lipinski definition) is 1. The van der Waals surface area contributed by atoms with Gasteiger partial charge in [-0.15, -0.1) is 6.58 Å². The SMILES string of the molecule is C=CC[C@](C)(C(=O)O)c1cc(C(F)(F)F)cc(C(F)(F)F)c1. The van der Waals surface area contributed by atoms with Crippen molar-refractivity contribution in [1.82, 2.24) is 0 Å². The number of benzene rings is 1. The molecule has 0 saturated carbocycles. The zero-order chi connectivity index (χ0) is 17.3. The molecule has 1 rings (SSSR count). The van der Waals surface area contributed by atoms with Gasteiger partial charge in [0.15, 0.2) is 0 Å². The van der Waals surface area contributed by atoms with Gasteiger partial charge in [-0.3, -0.25) is 4.79 Å². The van der Waals surface area contributed by atoms with Gasteiger partial charge in [-0.2, -0.15) is 26.3 Å². The van der Waals surface area contributed by atoms with Gasteiger partial charge >= 0.3 is 18.3 Å². The van der Waals surface area contributed by atoms with E-state index < -0.39 is 40.4 Å². The van der Waals surface area contributed by atoms with E-state index in [1.807, 2.05) is 0 Å². The molecule has 0 unspecified atom stereocenters. The van der Waals surface area contributed by atoms with Crippen LogP contribution in [0.15, 0.2) is 30.9 Å². The third-order valence-electron chi connectivity index (χ3n) is 3.25. The van der Waals surface area contributed by atoms with Gasteiger partial charge in [0, 0.05) is 0 Å². The van der Waals surface area contributed by atoms with Crippen molar-refractivity contribution in [3.63, 3.8) is 0 Å². The maximum atomic E-state index is 12.8. The first-order valence-electron chi connectivity index (χ1n) is 5.96. The summed E-state index contributed by atoms with van der Waals surface area (Å²) in [6, 6.07) is 0.805. The Labute approximate surface area is 122 Å². The minimum Gasteiger partial charge on any atom is -0.481 e. The van der Waals surface area contributed by atoms with Crippen molar-refractivity contribution in [2.75, 3.05) is 0 Å². The van der Waals surface area contributed by atoms with Crippen molar-refractivity contribution in [3.05, 3.63) is 47.5 Å². The molecule has 0 aliphatic heterocycles. The third-order valence-corrected chi connectivity index (χ3v) is 3.25. The van der Waals surface area contributed by atoms with Crippen molar-refractivity contribution in [3.8, 4) is 0 Å². The number of carbonyl (C=O) groups is 1. The summed E-state index contributed by atoms with van der Waals surface area (Å²) in [5.74, 6) is -1.54. The summed E-state index contributed by atoms with van der Waals surface area (Å²) in [5, 5.41) is 9.19. The van der Waals surface area contributed by atoms with Gasteiger partial charge in [-0.1, -0.05) is 6.08 Å². The summed E-state index contributed by atoms with van der Waals surface area (Å²) >= 11 is 0. The number of aliphatic carboxylic acids is 1. The van der Waals surface area contributed by atoms with Gasteiger partial charge in [0.25, 0.3) is 0 Å². The summed E-state index contributed by atoms with van der Waals surface area (Å²) in [4.78, 5) is 11.3. The topological polar surface area (TPSA) is 37.3 Å². The number of allylic oxidation sites excluding steroid dienone is 1. The molecule has 22 heavy (non-hydrogen) atoms. The molecule has 1 N–H and O–H groups in total. The van der Waals surface area contributed by atoms with E-state index in [1.165, 1.54) is 0 Å². The van der Waals surface area contributed by atoms with Crippen LogP contribution < -0.4 is 0 Å². The highest BCUT2D eigenvalue weighted by atomic mass is 19.4. The lowest BCUT2D eigenvalue weighted by molar-refractivity contribution is -0.146. The van der Waals surface area contributed by atoms with E-state index in [0.717, 1.165) is 13.0 Å². The quantitative estimate of drug-likeness (QED) is 0.646. The van der Waals surface area contributed by atoms with Crippen molar-refractivity contribution in [1.29, 1.82) is 0 Å². The maximum absolute atomic E-state index is 12.8. The molecule has 1 atom stereocenters. The van der Waals surface area contributed by atoms with E-state index in [0.29, 0.717) is 12.1 Å². The number of hydrogen-bond acceptors (Lipinski definition) is 1. The van der Waals surface area contributed by atoms with E-state index in [-0.39, 0.29) is 12.5 Å². The second-order valence-corrected chi connectivity index (χ2v) is 4.92. The van der Waals surface area contributed by atoms with E-state index in [9.17, 15) is 36.2 Å². The molecule has 0 aliphatic rings. The number of rotatable bonds is 4. The molecular weight excluding hydrogens is 314 g/mol. The van der Waals surface area contributed by atoms with Crippen LogP contribution in [0.2, 0.25) is 0 Å². The lowest BCUT2D eigenvalue weighted by atomic mass is 9.78. The first kappa shape index (κ1) is 18.1. The molecular formula is C14H12F6O2. The highest BCUT2D eigenvalue weighted by Crippen LogP contribution is 2.40. The van der Waals surface area contributed by atoms with Crippen molar-refractivity contribution in [2.24, 2.45) is 0 Å².